The second-order valence-electron chi connectivity index (χ2n) is 6.83. The average Bonchev–Trinajstić information content (AvgIpc) is 3.29. The van der Waals surface area contributed by atoms with Crippen molar-refractivity contribution in [3.05, 3.63) is 66.4 Å². The highest BCUT2D eigenvalue weighted by molar-refractivity contribution is 5.90. The van der Waals surface area contributed by atoms with E-state index in [-0.39, 0.29) is 5.97 Å². The minimum Gasteiger partial charge on any atom is -0.465 e. The first-order chi connectivity index (χ1) is 14.2. The summed E-state index contributed by atoms with van der Waals surface area (Å²) < 4.78 is 4.76. The van der Waals surface area contributed by atoms with Gasteiger partial charge >= 0.3 is 5.97 Å². The third-order valence-electron chi connectivity index (χ3n) is 4.81. The molecule has 4 rings (SSSR count). The molecule has 2 aromatic carbocycles. The summed E-state index contributed by atoms with van der Waals surface area (Å²) in [7, 11) is 1.36. The van der Waals surface area contributed by atoms with E-state index in [4.69, 9.17) is 4.74 Å². The largest absolute Gasteiger partial charge is 0.465 e. The van der Waals surface area contributed by atoms with Crippen molar-refractivity contribution in [3.8, 4) is 0 Å². The van der Waals surface area contributed by atoms with Gasteiger partial charge in [-0.3, -0.25) is 0 Å². The maximum Gasteiger partial charge on any atom is 0.337 e. The molecular weight excluding hydrogens is 366 g/mol. The number of ether oxygens (including phenoxy) is 1. The number of hydrogen-bond donors (Lipinski definition) is 2. The van der Waals surface area contributed by atoms with Gasteiger partial charge in [-0.25, -0.2) is 9.78 Å². The van der Waals surface area contributed by atoms with Gasteiger partial charge in [-0.15, -0.1) is 0 Å². The van der Waals surface area contributed by atoms with Crippen molar-refractivity contribution in [1.29, 1.82) is 0 Å². The van der Waals surface area contributed by atoms with Crippen LogP contribution in [-0.2, 0) is 4.74 Å². The highest BCUT2D eigenvalue weighted by Gasteiger charge is 2.12. The van der Waals surface area contributed by atoms with Gasteiger partial charge in [0.25, 0.3) is 0 Å². The first-order valence-corrected chi connectivity index (χ1v) is 9.62. The lowest BCUT2D eigenvalue weighted by Gasteiger charge is -2.17. The van der Waals surface area contributed by atoms with Crippen LogP contribution in [-0.4, -0.2) is 36.1 Å². The number of methoxy groups -OCH3 is 1. The molecule has 0 unspecified atom stereocenters. The predicted octanol–water partition coefficient (Wildman–Crippen LogP) is 4.35. The van der Waals surface area contributed by atoms with Crippen LogP contribution in [0.1, 0.15) is 23.2 Å². The van der Waals surface area contributed by atoms with Crippen LogP contribution in [0.15, 0.2) is 60.8 Å². The third-order valence-corrected chi connectivity index (χ3v) is 4.81. The van der Waals surface area contributed by atoms with E-state index in [1.807, 2.05) is 18.2 Å². The molecule has 0 atom stereocenters. The van der Waals surface area contributed by atoms with Crippen molar-refractivity contribution in [2.24, 2.45) is 0 Å². The Labute approximate surface area is 169 Å². The molecule has 7 heteroatoms. The standard InChI is InChI=1S/C22H23N5O2/c1-29-21(28)16-5-4-6-18(15-16)24-20-11-12-23-22(26-20)25-17-7-9-19(10-8-17)27-13-2-3-14-27/h4-12,15H,2-3,13-14H2,1H3,(H2,23,24,25,26). The van der Waals surface area contributed by atoms with Gasteiger partial charge in [-0.05, 0) is 61.4 Å². The van der Waals surface area contributed by atoms with E-state index in [0.29, 0.717) is 17.3 Å². The molecule has 29 heavy (non-hydrogen) atoms. The second kappa shape index (κ2) is 8.60. The number of nitrogens with zero attached hydrogens (tertiary/aromatic N) is 3. The molecule has 148 valence electrons. The second-order valence-corrected chi connectivity index (χ2v) is 6.83. The number of benzene rings is 2. The monoisotopic (exact) mass is 389 g/mol. The van der Waals surface area contributed by atoms with Gasteiger partial charge in [0.2, 0.25) is 5.95 Å². The zero-order valence-electron chi connectivity index (χ0n) is 16.3. The van der Waals surface area contributed by atoms with E-state index in [1.54, 1.807) is 30.5 Å². The van der Waals surface area contributed by atoms with Crippen LogP contribution in [0.2, 0.25) is 0 Å². The van der Waals surface area contributed by atoms with Crippen LogP contribution in [0.3, 0.4) is 0 Å². The summed E-state index contributed by atoms with van der Waals surface area (Å²) >= 11 is 0. The normalized spacial score (nSPS) is 13.2. The van der Waals surface area contributed by atoms with E-state index in [0.717, 1.165) is 24.5 Å². The molecule has 1 aliphatic heterocycles. The summed E-state index contributed by atoms with van der Waals surface area (Å²) in [5.74, 6) is 0.738. The Morgan fingerprint density at radius 2 is 1.79 bits per heavy atom. The molecule has 0 amide bonds. The molecule has 1 aliphatic rings. The molecule has 3 aromatic rings. The minimum absolute atomic E-state index is 0.379. The lowest BCUT2D eigenvalue weighted by atomic mass is 10.2. The zero-order valence-corrected chi connectivity index (χ0v) is 16.3. The Bertz CT molecular complexity index is 985. The Kier molecular flexibility index (Phi) is 5.56. The maximum atomic E-state index is 11.7. The van der Waals surface area contributed by atoms with E-state index in [2.05, 4.69) is 37.6 Å². The highest BCUT2D eigenvalue weighted by atomic mass is 16.5. The van der Waals surface area contributed by atoms with Gasteiger partial charge in [0, 0.05) is 36.3 Å². The van der Waals surface area contributed by atoms with Crippen LogP contribution < -0.4 is 15.5 Å². The number of rotatable bonds is 6. The molecule has 1 fully saturated rings. The number of nitrogens with one attached hydrogen (secondary N) is 2. The quantitative estimate of drug-likeness (QED) is 0.607. The Balaban J connectivity index is 1.44. The number of hydrogen-bond acceptors (Lipinski definition) is 7. The van der Waals surface area contributed by atoms with Gasteiger partial charge in [-0.1, -0.05) is 6.07 Å². The highest BCUT2D eigenvalue weighted by Crippen LogP contribution is 2.24. The fourth-order valence-corrected chi connectivity index (χ4v) is 3.34. The zero-order chi connectivity index (χ0) is 20.1. The van der Waals surface area contributed by atoms with Crippen LogP contribution in [0.4, 0.5) is 28.8 Å². The fourth-order valence-electron chi connectivity index (χ4n) is 3.34. The Morgan fingerprint density at radius 1 is 1.00 bits per heavy atom. The van der Waals surface area contributed by atoms with Gasteiger partial charge < -0.3 is 20.3 Å². The summed E-state index contributed by atoms with van der Waals surface area (Å²) in [5, 5.41) is 6.42. The summed E-state index contributed by atoms with van der Waals surface area (Å²) in [6, 6.07) is 17.2. The number of carbonyl (C=O) groups is 1. The van der Waals surface area contributed by atoms with Gasteiger partial charge in [0.05, 0.1) is 12.7 Å². The summed E-state index contributed by atoms with van der Waals surface area (Å²) in [5.41, 5.74) is 3.39. The van der Waals surface area contributed by atoms with E-state index in [1.165, 1.54) is 25.6 Å². The lowest BCUT2D eigenvalue weighted by Crippen LogP contribution is -2.17. The molecule has 7 nitrogen and oxygen atoms in total. The predicted molar refractivity (Wildman–Crippen MR) is 114 cm³/mol. The molecule has 0 saturated carbocycles. The fraction of sp³-hybridized carbons (Fsp3) is 0.227. The molecule has 2 N–H and O–H groups in total. The molecular formula is C22H23N5O2. The van der Waals surface area contributed by atoms with Crippen molar-refractivity contribution in [2.75, 3.05) is 35.7 Å². The lowest BCUT2D eigenvalue weighted by molar-refractivity contribution is 0.0601. The van der Waals surface area contributed by atoms with E-state index >= 15 is 0 Å². The van der Waals surface area contributed by atoms with Gasteiger partial charge in [0.15, 0.2) is 0 Å². The first-order valence-electron chi connectivity index (χ1n) is 9.62. The van der Waals surface area contributed by atoms with Gasteiger partial charge in [0.1, 0.15) is 5.82 Å². The number of esters is 1. The molecule has 0 aliphatic carbocycles. The number of aromatic nitrogens is 2. The molecule has 0 radical (unpaired) electrons. The average molecular weight is 389 g/mol. The van der Waals surface area contributed by atoms with Crippen LogP contribution in [0.5, 0.6) is 0 Å². The van der Waals surface area contributed by atoms with Crippen molar-refractivity contribution in [1.82, 2.24) is 9.97 Å². The smallest absolute Gasteiger partial charge is 0.337 e. The van der Waals surface area contributed by atoms with Gasteiger partial charge in [-0.2, -0.15) is 4.98 Å². The summed E-state index contributed by atoms with van der Waals surface area (Å²) in [6.45, 7) is 2.25. The summed E-state index contributed by atoms with van der Waals surface area (Å²) in [6.07, 6.45) is 4.20. The molecule has 1 saturated heterocycles. The van der Waals surface area contributed by atoms with Crippen molar-refractivity contribution in [3.63, 3.8) is 0 Å². The number of carbonyl (C=O) groups excluding carboxylic acids is 1. The SMILES string of the molecule is COC(=O)c1cccc(Nc2ccnc(Nc3ccc(N4CCCC4)cc3)n2)c1. The molecule has 0 bridgehead atoms. The third kappa shape index (κ3) is 4.63. The van der Waals surface area contributed by atoms with E-state index in [9.17, 15) is 4.79 Å². The van der Waals surface area contributed by atoms with Crippen molar-refractivity contribution in [2.45, 2.75) is 12.8 Å². The van der Waals surface area contributed by atoms with Crippen LogP contribution in [0.25, 0.3) is 0 Å². The Morgan fingerprint density at radius 3 is 2.55 bits per heavy atom. The van der Waals surface area contributed by atoms with Crippen LogP contribution in [0, 0.1) is 0 Å². The van der Waals surface area contributed by atoms with Crippen LogP contribution >= 0.6 is 0 Å². The minimum atomic E-state index is -0.379. The maximum absolute atomic E-state index is 11.7. The Hall–Kier alpha value is -3.61. The van der Waals surface area contributed by atoms with Crippen molar-refractivity contribution < 1.29 is 9.53 Å². The molecule has 2 heterocycles. The number of anilines is 5. The molecule has 0 spiro atoms. The topological polar surface area (TPSA) is 79.4 Å². The first kappa shape index (κ1) is 18.7. The van der Waals surface area contributed by atoms with E-state index < -0.39 is 0 Å². The summed E-state index contributed by atoms with van der Waals surface area (Å²) in [4.78, 5) is 22.9. The molecule has 1 aromatic heterocycles. The van der Waals surface area contributed by atoms with Crippen molar-refractivity contribution >= 4 is 34.8 Å².